The van der Waals surface area contributed by atoms with Gasteiger partial charge in [0.15, 0.2) is 5.76 Å². The molecule has 3 heterocycles. The van der Waals surface area contributed by atoms with Crippen LogP contribution < -0.4 is 4.90 Å². The van der Waals surface area contributed by atoms with Crippen LogP contribution in [-0.2, 0) is 4.79 Å². The number of hydrogen-bond acceptors (Lipinski definition) is 5. The smallest absolute Gasteiger partial charge is 0.294 e. The third-order valence-corrected chi connectivity index (χ3v) is 5.05. The number of rotatable bonds is 4. The number of anilines is 1. The number of amides is 1. The minimum atomic E-state index is -1.18. The van der Waals surface area contributed by atoms with Crippen molar-refractivity contribution in [3.63, 3.8) is 0 Å². The van der Waals surface area contributed by atoms with Crippen molar-refractivity contribution in [1.29, 1.82) is 0 Å². The average Bonchev–Trinajstić information content (AvgIpc) is 3.38. The van der Waals surface area contributed by atoms with Gasteiger partial charge in [0, 0.05) is 6.07 Å². The number of aliphatic hydroxyl groups excluding tert-OH is 1. The van der Waals surface area contributed by atoms with Crippen molar-refractivity contribution >= 4 is 28.7 Å². The summed E-state index contributed by atoms with van der Waals surface area (Å²) in [6.07, 6.45) is 1.33. The highest BCUT2D eigenvalue weighted by molar-refractivity contribution is 7.12. The van der Waals surface area contributed by atoms with Gasteiger partial charge in [0.1, 0.15) is 23.4 Å². The molecule has 0 bridgehead atoms. The quantitative estimate of drug-likeness (QED) is 0.674. The van der Waals surface area contributed by atoms with Crippen molar-refractivity contribution in [2.75, 3.05) is 4.90 Å². The second-order valence-corrected chi connectivity index (χ2v) is 6.71. The number of furan rings is 1. The van der Waals surface area contributed by atoms with E-state index in [-0.39, 0.29) is 17.0 Å². The normalized spacial score (nSPS) is 17.0. The highest BCUT2D eigenvalue weighted by Crippen LogP contribution is 2.43. The Balaban J connectivity index is 1.89. The number of hydrogen-bond donors (Lipinski definition) is 1. The third kappa shape index (κ3) is 2.74. The molecule has 1 unspecified atom stereocenters. The molecule has 3 aromatic rings. The van der Waals surface area contributed by atoms with Gasteiger partial charge in [-0.2, -0.15) is 0 Å². The first kappa shape index (κ1) is 17.2. The minimum Gasteiger partial charge on any atom is -0.503 e. The molecule has 0 radical (unpaired) electrons. The molecule has 4 rings (SSSR count). The summed E-state index contributed by atoms with van der Waals surface area (Å²) in [5.74, 6) is -3.99. The number of carbonyl (C=O) groups excluding carboxylic acids is 2. The number of Topliss-reactive ketones (excluding diaryl/α,β-unsaturated/α-hetero) is 1. The molecule has 0 fully saturated rings. The van der Waals surface area contributed by atoms with E-state index in [1.807, 2.05) is 0 Å². The Labute approximate surface area is 155 Å². The Hall–Kier alpha value is -3.26. The molecule has 8 heteroatoms. The topological polar surface area (TPSA) is 70.8 Å². The van der Waals surface area contributed by atoms with E-state index >= 15 is 0 Å². The molecule has 1 aromatic carbocycles. The van der Waals surface area contributed by atoms with Crippen molar-refractivity contribution < 1.29 is 27.9 Å². The van der Waals surface area contributed by atoms with E-state index in [0.29, 0.717) is 10.9 Å². The zero-order valence-electron chi connectivity index (χ0n) is 13.6. The number of benzene rings is 1. The monoisotopic (exact) mass is 387 g/mol. The molecule has 1 N–H and O–H groups in total. The second-order valence-electron chi connectivity index (χ2n) is 5.76. The molecule has 1 aliphatic heterocycles. The zero-order chi connectivity index (χ0) is 19.1. The molecule has 0 aliphatic carbocycles. The van der Waals surface area contributed by atoms with Gasteiger partial charge in [0.25, 0.3) is 5.91 Å². The maximum atomic E-state index is 14.4. The third-order valence-electron chi connectivity index (χ3n) is 4.18. The summed E-state index contributed by atoms with van der Waals surface area (Å²) in [6.45, 7) is 0. The standard InChI is InChI=1S/C19H11F2NO4S/c20-10-5-6-12(11(21)9-10)22-16(13-3-1-7-26-13)15(18(24)19(22)25)17(23)14-4-2-8-27-14/h1-9,16,24H. The summed E-state index contributed by atoms with van der Waals surface area (Å²) in [6, 6.07) is 7.77. The Morgan fingerprint density at radius 3 is 2.63 bits per heavy atom. The summed E-state index contributed by atoms with van der Waals surface area (Å²) in [7, 11) is 0. The summed E-state index contributed by atoms with van der Waals surface area (Å²) in [5, 5.41) is 12.1. The van der Waals surface area contributed by atoms with Crippen molar-refractivity contribution in [2.45, 2.75) is 6.04 Å². The van der Waals surface area contributed by atoms with Gasteiger partial charge < -0.3 is 9.52 Å². The van der Waals surface area contributed by atoms with Crippen LogP contribution in [0.15, 0.2) is 69.9 Å². The van der Waals surface area contributed by atoms with Crippen LogP contribution in [0.5, 0.6) is 0 Å². The number of aliphatic hydroxyl groups is 1. The van der Waals surface area contributed by atoms with E-state index in [0.717, 1.165) is 28.4 Å². The van der Waals surface area contributed by atoms with Crippen LogP contribution in [0.3, 0.4) is 0 Å². The lowest BCUT2D eigenvalue weighted by Crippen LogP contribution is -2.31. The van der Waals surface area contributed by atoms with Crippen LogP contribution in [-0.4, -0.2) is 16.8 Å². The highest BCUT2D eigenvalue weighted by atomic mass is 32.1. The van der Waals surface area contributed by atoms with E-state index in [4.69, 9.17) is 4.42 Å². The Kier molecular flexibility index (Phi) is 4.12. The number of halogens is 2. The van der Waals surface area contributed by atoms with Gasteiger partial charge in [-0.25, -0.2) is 8.78 Å². The summed E-state index contributed by atoms with van der Waals surface area (Å²) in [5.41, 5.74) is -0.496. The fraction of sp³-hybridized carbons (Fsp3) is 0.0526. The fourth-order valence-corrected chi connectivity index (χ4v) is 3.70. The number of nitrogens with zero attached hydrogens (tertiary/aromatic N) is 1. The molecular weight excluding hydrogens is 376 g/mol. The first-order valence-electron chi connectivity index (χ1n) is 7.82. The first-order valence-corrected chi connectivity index (χ1v) is 8.70. The fourth-order valence-electron chi connectivity index (χ4n) is 3.02. The van der Waals surface area contributed by atoms with Crippen LogP contribution in [0.1, 0.15) is 21.5 Å². The molecule has 27 heavy (non-hydrogen) atoms. The lowest BCUT2D eigenvalue weighted by Gasteiger charge is -2.25. The lowest BCUT2D eigenvalue weighted by molar-refractivity contribution is -0.117. The van der Waals surface area contributed by atoms with Gasteiger partial charge in [-0.3, -0.25) is 14.5 Å². The van der Waals surface area contributed by atoms with Gasteiger partial charge in [-0.05, 0) is 35.7 Å². The minimum absolute atomic E-state index is 0.163. The predicted molar refractivity (Wildman–Crippen MR) is 93.6 cm³/mol. The van der Waals surface area contributed by atoms with Crippen LogP contribution in [0.2, 0.25) is 0 Å². The Bertz CT molecular complexity index is 1060. The van der Waals surface area contributed by atoms with E-state index in [2.05, 4.69) is 0 Å². The summed E-state index contributed by atoms with van der Waals surface area (Å²) < 4.78 is 33.0. The van der Waals surface area contributed by atoms with E-state index in [1.165, 1.54) is 12.3 Å². The van der Waals surface area contributed by atoms with Gasteiger partial charge >= 0.3 is 0 Å². The largest absolute Gasteiger partial charge is 0.503 e. The van der Waals surface area contributed by atoms with Gasteiger partial charge in [0.05, 0.1) is 22.4 Å². The average molecular weight is 387 g/mol. The number of carbonyl (C=O) groups is 2. The predicted octanol–water partition coefficient (Wildman–Crippen LogP) is 4.40. The molecule has 1 amide bonds. The first-order chi connectivity index (χ1) is 13.0. The van der Waals surface area contributed by atoms with Crippen LogP contribution in [0, 0.1) is 11.6 Å². The Morgan fingerprint density at radius 2 is 2.00 bits per heavy atom. The van der Waals surface area contributed by atoms with Gasteiger partial charge in [-0.1, -0.05) is 6.07 Å². The maximum absolute atomic E-state index is 14.4. The van der Waals surface area contributed by atoms with Crippen molar-refractivity contribution in [1.82, 2.24) is 0 Å². The van der Waals surface area contributed by atoms with Crippen LogP contribution in [0.4, 0.5) is 14.5 Å². The lowest BCUT2D eigenvalue weighted by atomic mass is 10.00. The molecule has 1 atom stereocenters. The van der Waals surface area contributed by atoms with E-state index in [1.54, 1.807) is 23.6 Å². The molecule has 1 aliphatic rings. The highest BCUT2D eigenvalue weighted by Gasteiger charge is 2.47. The summed E-state index contributed by atoms with van der Waals surface area (Å²) >= 11 is 1.14. The molecule has 0 saturated heterocycles. The SMILES string of the molecule is O=C(C1=C(O)C(=O)N(c2ccc(F)cc2F)C1c1ccco1)c1cccs1. The van der Waals surface area contributed by atoms with Gasteiger partial charge in [0.2, 0.25) is 5.78 Å². The van der Waals surface area contributed by atoms with E-state index in [9.17, 15) is 23.5 Å². The molecule has 5 nitrogen and oxygen atoms in total. The number of ketones is 1. The van der Waals surface area contributed by atoms with E-state index < -0.39 is 35.1 Å². The second kappa shape index (κ2) is 6.48. The van der Waals surface area contributed by atoms with Crippen molar-refractivity contribution in [3.05, 3.63) is 87.7 Å². The summed E-state index contributed by atoms with van der Waals surface area (Å²) in [4.78, 5) is 26.8. The molecule has 0 spiro atoms. The molecule has 0 saturated carbocycles. The molecule has 2 aromatic heterocycles. The molecule has 136 valence electrons. The Morgan fingerprint density at radius 1 is 1.19 bits per heavy atom. The van der Waals surface area contributed by atoms with Gasteiger partial charge in [-0.15, -0.1) is 11.3 Å². The number of thiophene rings is 1. The maximum Gasteiger partial charge on any atom is 0.294 e. The van der Waals surface area contributed by atoms with Crippen LogP contribution in [0.25, 0.3) is 0 Å². The van der Waals surface area contributed by atoms with Crippen LogP contribution >= 0.6 is 11.3 Å². The van der Waals surface area contributed by atoms with Crippen molar-refractivity contribution in [3.8, 4) is 0 Å². The zero-order valence-corrected chi connectivity index (χ0v) is 14.4. The van der Waals surface area contributed by atoms with Crippen molar-refractivity contribution in [2.24, 2.45) is 0 Å². The molecular formula is C19H11F2NO4S.